The number of alkyl halides is 6. The van der Waals surface area contributed by atoms with E-state index in [4.69, 9.17) is 10.2 Å². The summed E-state index contributed by atoms with van der Waals surface area (Å²) in [5, 5.41) is 26.6. The third-order valence-corrected chi connectivity index (χ3v) is 2.31. The molecule has 0 radical (unpaired) electrons. The standard InChI is InChI=1S/C10H6F6O4/c11-9(12,13)4-1-3(7(18)8(19)20)6(17)2-5(4)10(14,15)16/h1-2,7,17-18H,(H,19,20). The quantitative estimate of drug-likeness (QED) is 0.734. The Morgan fingerprint density at radius 2 is 1.40 bits per heavy atom. The Morgan fingerprint density at radius 1 is 1.00 bits per heavy atom. The Kier molecular flexibility index (Phi) is 3.90. The predicted octanol–water partition coefficient (Wildman–Crippen LogP) is 2.55. The molecule has 1 unspecified atom stereocenters. The molecule has 0 aliphatic heterocycles. The Morgan fingerprint density at radius 3 is 1.75 bits per heavy atom. The van der Waals surface area contributed by atoms with Gasteiger partial charge in [-0.3, -0.25) is 0 Å². The highest BCUT2D eigenvalue weighted by molar-refractivity contribution is 5.75. The van der Waals surface area contributed by atoms with Crippen molar-refractivity contribution in [2.75, 3.05) is 0 Å². The number of halogens is 6. The van der Waals surface area contributed by atoms with Crippen LogP contribution >= 0.6 is 0 Å². The van der Waals surface area contributed by atoms with Crippen LogP contribution < -0.4 is 0 Å². The number of aliphatic hydroxyl groups excluding tert-OH is 1. The third-order valence-electron chi connectivity index (χ3n) is 2.31. The van der Waals surface area contributed by atoms with Crippen LogP contribution in [0.2, 0.25) is 0 Å². The van der Waals surface area contributed by atoms with Gasteiger partial charge in [0.25, 0.3) is 0 Å². The van der Waals surface area contributed by atoms with Crippen molar-refractivity contribution in [1.82, 2.24) is 0 Å². The zero-order valence-electron chi connectivity index (χ0n) is 9.25. The van der Waals surface area contributed by atoms with Crippen LogP contribution in [0.3, 0.4) is 0 Å². The molecule has 112 valence electrons. The summed E-state index contributed by atoms with van der Waals surface area (Å²) >= 11 is 0. The molecule has 0 fully saturated rings. The monoisotopic (exact) mass is 304 g/mol. The molecule has 0 aliphatic carbocycles. The summed E-state index contributed by atoms with van der Waals surface area (Å²) in [5.74, 6) is -3.42. The summed E-state index contributed by atoms with van der Waals surface area (Å²) in [5.41, 5.74) is -5.56. The van der Waals surface area contributed by atoms with Gasteiger partial charge in [-0.15, -0.1) is 0 Å². The van der Waals surface area contributed by atoms with Gasteiger partial charge in [0.1, 0.15) is 5.75 Å². The van der Waals surface area contributed by atoms with Gasteiger partial charge in [0.15, 0.2) is 6.10 Å². The topological polar surface area (TPSA) is 77.8 Å². The molecule has 3 N–H and O–H groups in total. The van der Waals surface area contributed by atoms with E-state index in [0.29, 0.717) is 0 Å². The fraction of sp³-hybridized carbons (Fsp3) is 0.300. The van der Waals surface area contributed by atoms with Crippen molar-refractivity contribution in [1.29, 1.82) is 0 Å². The number of benzene rings is 1. The van der Waals surface area contributed by atoms with Crippen molar-refractivity contribution >= 4 is 5.97 Å². The third kappa shape index (κ3) is 3.13. The molecule has 0 bridgehead atoms. The van der Waals surface area contributed by atoms with Crippen LogP contribution in [-0.2, 0) is 17.1 Å². The molecule has 10 heteroatoms. The van der Waals surface area contributed by atoms with E-state index in [1.54, 1.807) is 0 Å². The summed E-state index contributed by atoms with van der Waals surface area (Å²) in [6, 6.07) is -0.513. The van der Waals surface area contributed by atoms with Crippen molar-refractivity contribution in [2.45, 2.75) is 18.5 Å². The average molecular weight is 304 g/mol. The summed E-state index contributed by atoms with van der Waals surface area (Å²) in [6.07, 6.45) is -13.4. The first-order chi connectivity index (χ1) is 8.85. The molecule has 4 nitrogen and oxygen atoms in total. The van der Waals surface area contributed by atoms with E-state index >= 15 is 0 Å². The molecule has 0 spiro atoms. The molecule has 0 saturated heterocycles. The van der Waals surface area contributed by atoms with Crippen molar-refractivity contribution in [3.63, 3.8) is 0 Å². The number of aliphatic carboxylic acids is 1. The first-order valence-corrected chi connectivity index (χ1v) is 4.78. The summed E-state index contributed by atoms with van der Waals surface area (Å²) in [7, 11) is 0. The van der Waals surface area contributed by atoms with E-state index in [2.05, 4.69) is 0 Å². The van der Waals surface area contributed by atoms with Gasteiger partial charge in [-0.1, -0.05) is 0 Å². The van der Waals surface area contributed by atoms with Crippen LogP contribution in [0, 0.1) is 0 Å². The SMILES string of the molecule is O=C(O)C(O)c1cc(C(F)(F)F)c(C(F)(F)F)cc1O. The Labute approximate surface area is 106 Å². The molecule has 0 aromatic heterocycles. The predicted molar refractivity (Wildman–Crippen MR) is 50.7 cm³/mol. The van der Waals surface area contributed by atoms with Crippen molar-refractivity contribution in [3.05, 3.63) is 28.8 Å². The molecule has 20 heavy (non-hydrogen) atoms. The zero-order valence-corrected chi connectivity index (χ0v) is 9.25. The maximum atomic E-state index is 12.5. The van der Waals surface area contributed by atoms with Crippen LogP contribution in [0.25, 0.3) is 0 Å². The number of phenols is 1. The van der Waals surface area contributed by atoms with Crippen LogP contribution in [0.4, 0.5) is 26.3 Å². The number of hydrogen-bond donors (Lipinski definition) is 3. The van der Waals surface area contributed by atoms with Crippen LogP contribution in [0.15, 0.2) is 12.1 Å². The van der Waals surface area contributed by atoms with Crippen LogP contribution in [0.1, 0.15) is 22.8 Å². The first-order valence-electron chi connectivity index (χ1n) is 4.78. The largest absolute Gasteiger partial charge is 0.508 e. The highest BCUT2D eigenvalue weighted by atomic mass is 19.4. The van der Waals surface area contributed by atoms with Crippen LogP contribution in [0.5, 0.6) is 5.75 Å². The average Bonchev–Trinajstić information content (AvgIpc) is 2.24. The highest BCUT2D eigenvalue weighted by Crippen LogP contribution is 2.43. The van der Waals surface area contributed by atoms with Gasteiger partial charge in [0, 0.05) is 5.56 Å². The Hall–Kier alpha value is -1.97. The van der Waals surface area contributed by atoms with Gasteiger partial charge >= 0.3 is 18.3 Å². The van der Waals surface area contributed by atoms with Gasteiger partial charge in [0.05, 0.1) is 11.1 Å². The lowest BCUT2D eigenvalue weighted by molar-refractivity contribution is -0.162. The lowest BCUT2D eigenvalue weighted by Gasteiger charge is -2.18. The molecule has 1 atom stereocenters. The minimum absolute atomic E-state index is 0.239. The fourth-order valence-electron chi connectivity index (χ4n) is 1.43. The summed E-state index contributed by atoms with van der Waals surface area (Å²) < 4.78 is 75.0. The van der Waals surface area contributed by atoms with Gasteiger partial charge in [0.2, 0.25) is 0 Å². The number of carboxylic acid groups (broad SMARTS) is 1. The molecule has 1 aromatic rings. The lowest BCUT2D eigenvalue weighted by Crippen LogP contribution is -2.19. The Bertz CT molecular complexity index is 534. The molecule has 0 amide bonds. The van der Waals surface area contributed by atoms with E-state index in [1.165, 1.54) is 0 Å². The molecule has 0 heterocycles. The van der Waals surface area contributed by atoms with Gasteiger partial charge in [-0.2, -0.15) is 26.3 Å². The number of carbonyl (C=O) groups is 1. The molecule has 0 saturated carbocycles. The number of aliphatic hydroxyl groups is 1. The number of hydrogen-bond acceptors (Lipinski definition) is 3. The summed E-state index contributed by atoms with van der Waals surface area (Å²) in [6.45, 7) is 0. The lowest BCUT2D eigenvalue weighted by atomic mass is 9.98. The van der Waals surface area contributed by atoms with Crippen molar-refractivity contribution in [2.24, 2.45) is 0 Å². The normalized spacial score (nSPS) is 14.2. The highest BCUT2D eigenvalue weighted by Gasteiger charge is 2.44. The van der Waals surface area contributed by atoms with Gasteiger partial charge in [-0.05, 0) is 12.1 Å². The second kappa shape index (κ2) is 4.85. The van der Waals surface area contributed by atoms with Crippen LogP contribution in [-0.4, -0.2) is 21.3 Å². The van der Waals surface area contributed by atoms with Gasteiger partial charge in [-0.25, -0.2) is 4.79 Å². The second-order valence-corrected chi connectivity index (χ2v) is 3.69. The molecule has 1 aromatic carbocycles. The van der Waals surface area contributed by atoms with Crippen molar-refractivity contribution in [3.8, 4) is 5.75 Å². The van der Waals surface area contributed by atoms with E-state index in [1.807, 2.05) is 0 Å². The smallest absolute Gasteiger partial charge is 0.417 e. The molecular formula is C10H6F6O4. The van der Waals surface area contributed by atoms with Gasteiger partial charge < -0.3 is 15.3 Å². The van der Waals surface area contributed by atoms with E-state index in [0.717, 1.165) is 0 Å². The molecule has 1 rings (SSSR count). The minimum Gasteiger partial charge on any atom is -0.508 e. The minimum atomic E-state index is -5.44. The van der Waals surface area contributed by atoms with Crippen molar-refractivity contribution < 1.29 is 46.5 Å². The number of aromatic hydroxyl groups is 1. The Balaban J connectivity index is 3.61. The maximum Gasteiger partial charge on any atom is 0.417 e. The maximum absolute atomic E-state index is 12.5. The van der Waals surface area contributed by atoms with E-state index in [-0.39, 0.29) is 12.1 Å². The number of carboxylic acids is 1. The molecular weight excluding hydrogens is 298 g/mol. The summed E-state index contributed by atoms with van der Waals surface area (Å²) in [4.78, 5) is 10.4. The fourth-order valence-corrected chi connectivity index (χ4v) is 1.43. The number of rotatable bonds is 2. The molecule has 0 aliphatic rings. The number of phenolic OH excluding ortho intramolecular Hbond substituents is 1. The zero-order chi connectivity index (χ0) is 15.9. The van der Waals surface area contributed by atoms with E-state index < -0.39 is 46.9 Å². The second-order valence-electron chi connectivity index (χ2n) is 3.69. The van der Waals surface area contributed by atoms with E-state index in [9.17, 15) is 36.2 Å². The first kappa shape index (κ1) is 16.1.